The van der Waals surface area contributed by atoms with Crippen molar-refractivity contribution in [1.82, 2.24) is 15.1 Å². The fourth-order valence-corrected chi connectivity index (χ4v) is 1.76. The van der Waals surface area contributed by atoms with Crippen LogP contribution in [-0.2, 0) is 25.7 Å². The molecule has 0 aliphatic carbocycles. The summed E-state index contributed by atoms with van der Waals surface area (Å²) >= 11 is 0. The molecule has 0 aliphatic heterocycles. The molecule has 0 atom stereocenters. The third-order valence-corrected chi connectivity index (χ3v) is 3.16. The molecule has 0 saturated heterocycles. The van der Waals surface area contributed by atoms with Gasteiger partial charge in [-0.25, -0.2) is 0 Å². The maximum Gasteiger partial charge on any atom is 0.325 e. The fraction of sp³-hybridized carbons (Fsp3) is 0.438. The number of hydrogen-bond donors (Lipinski definition) is 1. The second-order valence-electron chi connectivity index (χ2n) is 5.18. The average molecular weight is 321 g/mol. The van der Waals surface area contributed by atoms with Gasteiger partial charge in [0, 0.05) is 14.1 Å². The molecular formula is C16H23N3O4. The van der Waals surface area contributed by atoms with Gasteiger partial charge in [-0.15, -0.1) is 0 Å². The van der Waals surface area contributed by atoms with Crippen molar-refractivity contribution in [3.8, 4) is 0 Å². The molecule has 1 aromatic rings. The molecule has 7 heteroatoms. The Kier molecular flexibility index (Phi) is 7.76. The van der Waals surface area contributed by atoms with E-state index in [9.17, 15) is 14.4 Å². The van der Waals surface area contributed by atoms with Gasteiger partial charge in [0.2, 0.25) is 11.8 Å². The summed E-state index contributed by atoms with van der Waals surface area (Å²) in [5.74, 6) is -1.01. The van der Waals surface area contributed by atoms with Crippen molar-refractivity contribution in [3.05, 3.63) is 35.9 Å². The van der Waals surface area contributed by atoms with Gasteiger partial charge >= 0.3 is 5.97 Å². The van der Waals surface area contributed by atoms with Crippen LogP contribution in [0.1, 0.15) is 5.56 Å². The molecule has 1 rings (SSSR count). The highest BCUT2D eigenvalue weighted by Crippen LogP contribution is 2.01. The van der Waals surface area contributed by atoms with E-state index in [0.29, 0.717) is 0 Å². The second-order valence-corrected chi connectivity index (χ2v) is 5.18. The first-order chi connectivity index (χ1) is 10.9. The minimum atomic E-state index is -0.492. The average Bonchev–Trinajstić information content (AvgIpc) is 2.54. The quantitative estimate of drug-likeness (QED) is 0.675. The number of likely N-dealkylation sites (N-methyl/N-ethyl adjacent to an activating group) is 3. The van der Waals surface area contributed by atoms with E-state index < -0.39 is 5.97 Å². The number of rotatable bonds is 8. The maximum atomic E-state index is 12.0. The van der Waals surface area contributed by atoms with Crippen LogP contribution in [-0.4, -0.2) is 68.4 Å². The van der Waals surface area contributed by atoms with Gasteiger partial charge in [-0.05, 0) is 12.6 Å². The van der Waals surface area contributed by atoms with E-state index in [2.05, 4.69) is 5.32 Å². The lowest BCUT2D eigenvalue weighted by atomic mass is 10.2. The first kappa shape index (κ1) is 18.6. The van der Waals surface area contributed by atoms with Crippen LogP contribution >= 0.6 is 0 Å². The number of nitrogens with one attached hydrogen (secondary N) is 1. The van der Waals surface area contributed by atoms with Crippen LogP contribution in [0.25, 0.3) is 0 Å². The first-order valence-electron chi connectivity index (χ1n) is 7.26. The number of carbonyl (C=O) groups excluding carboxylic acids is 3. The number of ether oxygens (including phenoxy) is 1. The number of nitrogens with zero attached hydrogens (tertiary/aromatic N) is 2. The molecule has 0 heterocycles. The molecule has 23 heavy (non-hydrogen) atoms. The van der Waals surface area contributed by atoms with Crippen molar-refractivity contribution in [1.29, 1.82) is 0 Å². The van der Waals surface area contributed by atoms with E-state index in [4.69, 9.17) is 4.74 Å². The first-order valence-corrected chi connectivity index (χ1v) is 7.26. The molecule has 0 unspecified atom stereocenters. The fourth-order valence-electron chi connectivity index (χ4n) is 1.76. The Morgan fingerprint density at radius 3 is 2.22 bits per heavy atom. The molecule has 1 N–H and O–H groups in total. The van der Waals surface area contributed by atoms with Gasteiger partial charge < -0.3 is 19.9 Å². The van der Waals surface area contributed by atoms with Gasteiger partial charge in [0.15, 0.2) is 0 Å². The summed E-state index contributed by atoms with van der Waals surface area (Å²) < 4.78 is 5.12. The number of carbonyl (C=O) groups is 3. The van der Waals surface area contributed by atoms with Crippen LogP contribution in [0.2, 0.25) is 0 Å². The van der Waals surface area contributed by atoms with E-state index in [1.165, 1.54) is 16.8 Å². The van der Waals surface area contributed by atoms with Crippen LogP contribution in [0.5, 0.6) is 0 Å². The summed E-state index contributed by atoms with van der Waals surface area (Å²) in [7, 11) is 4.70. The lowest BCUT2D eigenvalue weighted by molar-refractivity contribution is -0.150. The molecule has 2 amide bonds. The molecule has 0 aliphatic rings. The molecule has 0 saturated carbocycles. The Balaban J connectivity index is 2.36. The molecule has 0 radical (unpaired) electrons. The van der Waals surface area contributed by atoms with Gasteiger partial charge in [0.1, 0.15) is 13.2 Å². The summed E-state index contributed by atoms with van der Waals surface area (Å²) in [5.41, 5.74) is 0.882. The highest BCUT2D eigenvalue weighted by atomic mass is 16.5. The van der Waals surface area contributed by atoms with Crippen molar-refractivity contribution in [2.75, 3.05) is 40.8 Å². The Bertz CT molecular complexity index is 533. The molecule has 1 aromatic carbocycles. The number of hydrogen-bond acceptors (Lipinski definition) is 5. The molecule has 0 spiro atoms. The normalized spacial score (nSPS) is 10.0. The van der Waals surface area contributed by atoms with Crippen LogP contribution in [0.15, 0.2) is 30.3 Å². The topological polar surface area (TPSA) is 79.0 Å². The zero-order chi connectivity index (χ0) is 17.2. The van der Waals surface area contributed by atoms with E-state index in [0.717, 1.165) is 5.56 Å². The highest BCUT2D eigenvalue weighted by Gasteiger charge is 2.18. The van der Waals surface area contributed by atoms with Crippen molar-refractivity contribution >= 4 is 17.8 Å². The lowest BCUT2D eigenvalue weighted by Crippen LogP contribution is -2.43. The van der Waals surface area contributed by atoms with Gasteiger partial charge in [0.05, 0.1) is 13.1 Å². The Labute approximate surface area is 136 Å². The van der Waals surface area contributed by atoms with E-state index in [-0.39, 0.29) is 38.1 Å². The standard InChI is InChI=1S/C16H23N3O4/c1-17-9-14(20)18(2)10-15(21)19(3)11-16(22)23-12-13-7-5-4-6-8-13/h4-8,17H,9-12H2,1-3H3. The predicted molar refractivity (Wildman–Crippen MR) is 85.4 cm³/mol. The molecule has 0 fully saturated rings. The van der Waals surface area contributed by atoms with Gasteiger partial charge in [-0.1, -0.05) is 30.3 Å². The third kappa shape index (κ3) is 6.92. The van der Waals surface area contributed by atoms with Gasteiger partial charge in [0.25, 0.3) is 0 Å². The monoisotopic (exact) mass is 321 g/mol. The predicted octanol–water partition coefficient (Wildman–Crippen LogP) is -0.134. The molecule has 0 bridgehead atoms. The van der Waals surface area contributed by atoms with Gasteiger partial charge in [-0.3, -0.25) is 14.4 Å². The Morgan fingerprint density at radius 1 is 1.00 bits per heavy atom. The summed E-state index contributed by atoms with van der Waals surface area (Å²) in [6.07, 6.45) is 0. The van der Waals surface area contributed by atoms with Crippen molar-refractivity contribution in [2.24, 2.45) is 0 Å². The van der Waals surface area contributed by atoms with Crippen molar-refractivity contribution in [3.63, 3.8) is 0 Å². The Hall–Kier alpha value is -2.41. The number of benzene rings is 1. The summed E-state index contributed by atoms with van der Waals surface area (Å²) in [6.45, 7) is 0.0948. The molecule has 126 valence electrons. The molecular weight excluding hydrogens is 298 g/mol. The van der Waals surface area contributed by atoms with E-state index in [1.807, 2.05) is 30.3 Å². The minimum Gasteiger partial charge on any atom is -0.459 e. The third-order valence-electron chi connectivity index (χ3n) is 3.16. The SMILES string of the molecule is CNCC(=O)N(C)CC(=O)N(C)CC(=O)OCc1ccccc1. The number of amides is 2. The van der Waals surface area contributed by atoms with Crippen LogP contribution in [0.4, 0.5) is 0 Å². The largest absolute Gasteiger partial charge is 0.459 e. The van der Waals surface area contributed by atoms with Crippen molar-refractivity contribution < 1.29 is 19.1 Å². The number of esters is 1. The van der Waals surface area contributed by atoms with Crippen molar-refractivity contribution in [2.45, 2.75) is 6.61 Å². The van der Waals surface area contributed by atoms with Crippen LogP contribution in [0.3, 0.4) is 0 Å². The lowest BCUT2D eigenvalue weighted by Gasteiger charge is -2.21. The summed E-state index contributed by atoms with van der Waals surface area (Å²) in [4.78, 5) is 37.9. The molecule has 7 nitrogen and oxygen atoms in total. The van der Waals surface area contributed by atoms with Gasteiger partial charge in [-0.2, -0.15) is 0 Å². The zero-order valence-corrected chi connectivity index (χ0v) is 13.7. The van der Waals surface area contributed by atoms with Crippen LogP contribution in [0, 0.1) is 0 Å². The van der Waals surface area contributed by atoms with Crippen LogP contribution < -0.4 is 5.32 Å². The minimum absolute atomic E-state index is 0.0804. The maximum absolute atomic E-state index is 12.0. The highest BCUT2D eigenvalue weighted by molar-refractivity contribution is 5.87. The second kappa shape index (κ2) is 9.58. The zero-order valence-electron chi connectivity index (χ0n) is 13.7. The smallest absolute Gasteiger partial charge is 0.325 e. The summed E-state index contributed by atoms with van der Waals surface area (Å²) in [5, 5.41) is 2.73. The molecule has 0 aromatic heterocycles. The Morgan fingerprint density at radius 2 is 1.61 bits per heavy atom. The van der Waals surface area contributed by atoms with E-state index in [1.54, 1.807) is 14.1 Å². The van der Waals surface area contributed by atoms with E-state index >= 15 is 0 Å². The summed E-state index contributed by atoms with van der Waals surface area (Å²) in [6, 6.07) is 9.30.